The maximum Gasteiger partial charge on any atom is 0.243 e. The quantitative estimate of drug-likeness (QED) is 0.0128. The number of phenolic OH excluding ortho intramolecular Hbond substituents is 1. The fraction of sp³-hybridized carbons (Fsp3) is 0.452. The number of aromatic hydroxyl groups is 1. The Morgan fingerprint density at radius 3 is 2.00 bits per heavy atom. The summed E-state index contributed by atoms with van der Waals surface area (Å²) in [4.78, 5) is 108. The van der Waals surface area contributed by atoms with E-state index in [1.807, 2.05) is 13.1 Å². The molecule has 1 fully saturated rings. The zero-order valence-corrected chi connectivity index (χ0v) is 51.3. The molecule has 0 radical (unpaired) electrons. The van der Waals surface area contributed by atoms with Crippen LogP contribution in [0.5, 0.6) is 5.75 Å². The van der Waals surface area contributed by atoms with Gasteiger partial charge in [0.2, 0.25) is 48.7 Å². The number of carbonyl (C=O) groups is 7. The minimum absolute atomic E-state index is 0.0909. The molecule has 0 aromatic heterocycles. The first-order chi connectivity index (χ1) is 41.6. The molecule has 25 heteroatoms. The second kappa shape index (κ2) is 36.6. The van der Waals surface area contributed by atoms with Crippen LogP contribution in [0, 0.1) is 11.3 Å². The first-order valence-electron chi connectivity index (χ1n) is 29.0. The molecule has 1 aliphatic rings. The van der Waals surface area contributed by atoms with Crippen LogP contribution in [0.4, 0.5) is 0 Å². The number of allylic oxidation sites excluding steroid dienone is 2. The minimum Gasteiger partial charge on any atom is -0.512 e. The number of halogens is 1. The highest BCUT2D eigenvalue weighted by molar-refractivity contribution is 7.58. The lowest BCUT2D eigenvalue weighted by Crippen LogP contribution is -2.55. The van der Waals surface area contributed by atoms with Crippen LogP contribution in [-0.2, 0) is 65.2 Å². The number of amides is 7. The molecule has 472 valence electrons. The number of nitrogens with one attached hydrogen (secondary N) is 8. The fourth-order valence-corrected chi connectivity index (χ4v) is 11.6. The molecule has 0 aliphatic carbocycles. The Kier molecular flexibility index (Phi) is 29.6. The molecule has 1 saturated heterocycles. The Labute approximate surface area is 513 Å². The standard InChI is InChI=1S/C62H83ClN9O14P/c1-41(58(77)67-39-56(76)66-26-11-29-85-31-33-86-32-30-84-28-10-25-65-4)68-61(80)54(34-45-17-23-51(74)24-18-45)70-60(79)49(37-52(75)38-53(64)47-21-19-46(20-22-47)48-14-8-15-50(63)36-48)40-87(82,83)57(35-44-12-6-5-7-13-44)71-59(78)42(2)69-62(81)55-16-9-27-72(55)43(3)73/h5-8,12-15,17-24,36,38,41-42,49,54-55,57,64-65,74-75H,9-11,16,25-35,37,39-40H2,1-4H3,(H,66,76)(H,67,77)(H,68,80)(H,69,81)(H,70,79)(H,71,78)(H,82,83)/b52-38-,64-53?/t41-,42-,49?,54+,55+,57-/m1/s1. The number of ether oxygens (including phenoxy) is 3. The van der Waals surface area contributed by atoms with Crippen LogP contribution in [-0.4, -0.2) is 176 Å². The van der Waals surface area contributed by atoms with Gasteiger partial charge in [-0.15, -0.1) is 0 Å². The van der Waals surface area contributed by atoms with Gasteiger partial charge >= 0.3 is 0 Å². The molecule has 1 aliphatic heterocycles. The maximum absolute atomic E-state index is 15.1. The topological polar surface area (TPSA) is 336 Å². The van der Waals surface area contributed by atoms with Gasteiger partial charge in [0.05, 0.1) is 50.4 Å². The molecule has 4 aromatic carbocycles. The summed E-state index contributed by atoms with van der Waals surface area (Å²) in [6.45, 7) is 7.85. The van der Waals surface area contributed by atoms with Crippen molar-refractivity contribution in [1.82, 2.24) is 42.1 Å². The zero-order valence-electron chi connectivity index (χ0n) is 49.7. The Balaban J connectivity index is 1.32. The number of phenols is 1. The molecule has 1 heterocycles. The molecular formula is C62H83ClN9O14P. The van der Waals surface area contributed by atoms with Crippen molar-refractivity contribution in [2.75, 3.05) is 79.0 Å². The maximum atomic E-state index is 15.1. The Morgan fingerprint density at radius 2 is 1.36 bits per heavy atom. The molecule has 11 N–H and O–H groups in total. The van der Waals surface area contributed by atoms with Crippen molar-refractivity contribution in [3.8, 4) is 16.9 Å². The molecule has 0 spiro atoms. The SMILES string of the molecule is CNCCCOCCOCCOCCCNC(=O)CNC(=O)[C@@H](C)NC(=O)[C@H](Cc1ccc(O)cc1)NC(=O)C(C/C(O)=C/C(=N)c1ccc(-c2cccc(Cl)c2)cc1)CP(=O)(O)[C@H](Cc1ccccc1)NC(=O)[C@@H](C)NC(=O)[C@@H]1CCCN1C(C)=O. The largest absolute Gasteiger partial charge is 0.512 e. The second-order valence-corrected chi connectivity index (χ2v) is 24.1. The van der Waals surface area contributed by atoms with Gasteiger partial charge in [-0.2, -0.15) is 0 Å². The van der Waals surface area contributed by atoms with E-state index in [1.165, 1.54) is 49.9 Å². The third-order valence-corrected chi connectivity index (χ3v) is 16.7. The normalized spacial score (nSPS) is 15.6. The van der Waals surface area contributed by atoms with E-state index in [2.05, 4.69) is 37.2 Å². The molecule has 87 heavy (non-hydrogen) atoms. The van der Waals surface area contributed by atoms with E-state index < -0.39 is 104 Å². The number of nitrogens with zero attached hydrogens (tertiary/aromatic N) is 1. The summed E-state index contributed by atoms with van der Waals surface area (Å²) in [5.74, 6) is -8.76. The first-order valence-corrected chi connectivity index (χ1v) is 31.3. The van der Waals surface area contributed by atoms with Gasteiger partial charge in [-0.3, -0.25) is 38.1 Å². The highest BCUT2D eigenvalue weighted by atomic mass is 35.5. The van der Waals surface area contributed by atoms with Crippen LogP contribution < -0.4 is 37.2 Å². The Morgan fingerprint density at radius 1 is 0.724 bits per heavy atom. The van der Waals surface area contributed by atoms with Crippen molar-refractivity contribution in [3.63, 3.8) is 0 Å². The van der Waals surface area contributed by atoms with Crippen molar-refractivity contribution in [2.24, 2.45) is 5.92 Å². The lowest BCUT2D eigenvalue weighted by Gasteiger charge is -2.30. The number of benzene rings is 4. The number of rotatable bonds is 37. The molecular weight excluding hydrogens is 1160 g/mol. The van der Waals surface area contributed by atoms with Crippen LogP contribution in [0.1, 0.15) is 69.6 Å². The number of carbonyl (C=O) groups excluding carboxylic acids is 7. The summed E-state index contributed by atoms with van der Waals surface area (Å²) in [6, 6.07) is 23.3. The van der Waals surface area contributed by atoms with Gasteiger partial charge in [-0.25, -0.2) is 0 Å². The molecule has 7 amide bonds. The van der Waals surface area contributed by atoms with E-state index in [4.69, 9.17) is 31.2 Å². The highest BCUT2D eigenvalue weighted by Gasteiger charge is 2.40. The Bertz CT molecular complexity index is 2990. The third-order valence-electron chi connectivity index (χ3n) is 14.2. The smallest absolute Gasteiger partial charge is 0.243 e. The Hall–Kier alpha value is -7.50. The highest BCUT2D eigenvalue weighted by Crippen LogP contribution is 2.49. The number of hydrogen-bond acceptors (Lipinski definition) is 15. The van der Waals surface area contributed by atoms with Crippen LogP contribution >= 0.6 is 19.0 Å². The van der Waals surface area contributed by atoms with Crippen molar-refractivity contribution in [1.29, 1.82) is 5.41 Å². The summed E-state index contributed by atoms with van der Waals surface area (Å²) in [5, 5.41) is 49.8. The van der Waals surface area contributed by atoms with Crippen LogP contribution in [0.2, 0.25) is 5.02 Å². The molecule has 5 rings (SSSR count). The summed E-state index contributed by atoms with van der Waals surface area (Å²) in [5.41, 5.74) is 2.76. The first kappa shape index (κ1) is 70.3. The lowest BCUT2D eigenvalue weighted by atomic mass is 9.99. The number of aliphatic hydroxyl groups is 1. The van der Waals surface area contributed by atoms with E-state index >= 15 is 4.57 Å². The second-order valence-electron chi connectivity index (χ2n) is 21.2. The molecule has 7 atom stereocenters. The van der Waals surface area contributed by atoms with Crippen LogP contribution in [0.3, 0.4) is 0 Å². The average Bonchev–Trinajstić information content (AvgIpc) is 3.63. The average molecular weight is 1240 g/mol. The minimum atomic E-state index is -4.84. The monoisotopic (exact) mass is 1240 g/mol. The number of hydrogen-bond donors (Lipinski definition) is 11. The summed E-state index contributed by atoms with van der Waals surface area (Å²) in [6.07, 6.45) is 1.41. The predicted molar refractivity (Wildman–Crippen MR) is 330 cm³/mol. The zero-order chi connectivity index (χ0) is 63.3. The third kappa shape index (κ3) is 24.7. The van der Waals surface area contributed by atoms with Crippen molar-refractivity contribution in [3.05, 3.63) is 137 Å². The van der Waals surface area contributed by atoms with E-state index in [9.17, 15) is 48.7 Å². The molecule has 4 aromatic rings. The van der Waals surface area contributed by atoms with Gasteiger partial charge in [0.1, 0.15) is 35.7 Å². The van der Waals surface area contributed by atoms with Crippen molar-refractivity contribution in [2.45, 2.75) is 95.7 Å². The molecule has 23 nitrogen and oxygen atoms in total. The fourth-order valence-electron chi connectivity index (χ4n) is 9.39. The summed E-state index contributed by atoms with van der Waals surface area (Å²) >= 11 is 6.22. The molecule has 0 saturated carbocycles. The van der Waals surface area contributed by atoms with E-state index in [1.54, 1.807) is 72.8 Å². The van der Waals surface area contributed by atoms with Gasteiger partial charge in [-0.05, 0) is 105 Å². The summed E-state index contributed by atoms with van der Waals surface area (Å²) in [7, 11) is -2.96. The number of likely N-dealkylation sites (tertiary alicyclic amines) is 1. The number of aliphatic hydroxyl groups excluding tert-OH is 1. The lowest BCUT2D eigenvalue weighted by molar-refractivity contribution is -0.138. The van der Waals surface area contributed by atoms with Gasteiger partial charge in [-0.1, -0.05) is 90.5 Å². The van der Waals surface area contributed by atoms with E-state index in [0.717, 1.165) is 30.2 Å². The predicted octanol–water partition coefficient (Wildman–Crippen LogP) is 4.51. The van der Waals surface area contributed by atoms with Crippen molar-refractivity contribution >= 4 is 66.0 Å². The van der Waals surface area contributed by atoms with Gasteiger partial charge in [0, 0.05) is 69.8 Å². The van der Waals surface area contributed by atoms with E-state index in [-0.39, 0.29) is 36.8 Å². The van der Waals surface area contributed by atoms with Gasteiger partial charge < -0.3 is 76.8 Å². The van der Waals surface area contributed by atoms with Crippen LogP contribution in [0.15, 0.2) is 115 Å². The van der Waals surface area contributed by atoms with Crippen molar-refractivity contribution < 1.29 is 67.4 Å². The molecule has 0 bridgehead atoms. The van der Waals surface area contributed by atoms with Crippen LogP contribution in [0.25, 0.3) is 11.1 Å². The molecule has 2 unspecified atom stereocenters. The van der Waals surface area contributed by atoms with Gasteiger partial charge in [0.15, 0.2) is 0 Å². The van der Waals surface area contributed by atoms with E-state index in [0.29, 0.717) is 87.2 Å². The summed E-state index contributed by atoms with van der Waals surface area (Å²) < 4.78 is 31.6. The van der Waals surface area contributed by atoms with Gasteiger partial charge in [0.25, 0.3) is 0 Å².